The van der Waals surface area contributed by atoms with Crippen molar-refractivity contribution in [3.8, 4) is 5.82 Å². The van der Waals surface area contributed by atoms with Crippen LogP contribution < -0.4 is 5.73 Å². The van der Waals surface area contributed by atoms with Crippen LogP contribution in [-0.4, -0.2) is 19.8 Å². The van der Waals surface area contributed by atoms with Crippen molar-refractivity contribution in [3.05, 3.63) is 52.8 Å². The van der Waals surface area contributed by atoms with Crippen molar-refractivity contribution in [2.75, 3.05) is 0 Å². The summed E-state index contributed by atoms with van der Waals surface area (Å²) in [5.41, 5.74) is 10.8. The van der Waals surface area contributed by atoms with Gasteiger partial charge in [0.15, 0.2) is 5.82 Å². The number of hydrogen-bond acceptors (Lipinski definition) is 3. The summed E-state index contributed by atoms with van der Waals surface area (Å²) in [6, 6.07) is 9.75. The Bertz CT molecular complexity index is 864. The van der Waals surface area contributed by atoms with Crippen LogP contribution in [0.3, 0.4) is 0 Å². The summed E-state index contributed by atoms with van der Waals surface area (Å²) < 4.78 is 1.85. The van der Waals surface area contributed by atoms with Gasteiger partial charge >= 0.3 is 0 Å². The standard InChI is InChI=1S/C16H16N4S/c1-9-10(2)19-20(11(9)3)15-8-13(16(17)21)12-6-4-5-7-14(12)18-15/h4-8H,1-3H3,(H2,17,21). The molecule has 0 aliphatic rings. The molecule has 106 valence electrons. The van der Waals surface area contributed by atoms with Gasteiger partial charge in [0.05, 0.1) is 11.2 Å². The van der Waals surface area contributed by atoms with Crippen molar-refractivity contribution in [1.29, 1.82) is 0 Å². The van der Waals surface area contributed by atoms with E-state index in [-0.39, 0.29) is 0 Å². The van der Waals surface area contributed by atoms with E-state index in [9.17, 15) is 0 Å². The van der Waals surface area contributed by atoms with Gasteiger partial charge in [0.1, 0.15) is 4.99 Å². The molecule has 0 fully saturated rings. The average molecular weight is 296 g/mol. The van der Waals surface area contributed by atoms with Gasteiger partial charge in [0.25, 0.3) is 0 Å². The van der Waals surface area contributed by atoms with Gasteiger partial charge in [-0.15, -0.1) is 0 Å². The van der Waals surface area contributed by atoms with Crippen molar-refractivity contribution in [1.82, 2.24) is 14.8 Å². The van der Waals surface area contributed by atoms with E-state index in [0.717, 1.165) is 33.7 Å². The van der Waals surface area contributed by atoms with Crippen molar-refractivity contribution < 1.29 is 0 Å². The third-order valence-corrected chi connectivity index (χ3v) is 4.06. The summed E-state index contributed by atoms with van der Waals surface area (Å²) in [7, 11) is 0. The summed E-state index contributed by atoms with van der Waals surface area (Å²) in [5.74, 6) is 0.741. The quantitative estimate of drug-likeness (QED) is 0.739. The van der Waals surface area contributed by atoms with Gasteiger partial charge in [0, 0.05) is 16.6 Å². The number of para-hydroxylation sites is 1. The number of fused-ring (bicyclic) bond motifs is 1. The van der Waals surface area contributed by atoms with Crippen LogP contribution in [0.1, 0.15) is 22.5 Å². The Morgan fingerprint density at radius 2 is 1.90 bits per heavy atom. The fraction of sp³-hybridized carbons (Fsp3) is 0.188. The van der Waals surface area contributed by atoms with Gasteiger partial charge in [0.2, 0.25) is 0 Å². The van der Waals surface area contributed by atoms with Gasteiger partial charge in [-0.25, -0.2) is 9.67 Å². The third kappa shape index (κ3) is 2.19. The van der Waals surface area contributed by atoms with E-state index in [1.54, 1.807) is 0 Å². The zero-order chi connectivity index (χ0) is 15.1. The van der Waals surface area contributed by atoms with Crippen LogP contribution in [0.25, 0.3) is 16.7 Å². The molecule has 0 amide bonds. The normalized spacial score (nSPS) is 11.0. The van der Waals surface area contributed by atoms with Gasteiger partial charge in [-0.05, 0) is 38.5 Å². The van der Waals surface area contributed by atoms with E-state index in [1.807, 2.05) is 48.9 Å². The van der Waals surface area contributed by atoms with Gasteiger partial charge in [-0.1, -0.05) is 30.4 Å². The minimum Gasteiger partial charge on any atom is -0.389 e. The lowest BCUT2D eigenvalue weighted by atomic mass is 10.1. The maximum Gasteiger partial charge on any atom is 0.155 e. The van der Waals surface area contributed by atoms with Crippen molar-refractivity contribution in [2.24, 2.45) is 5.73 Å². The number of hydrogen-bond donors (Lipinski definition) is 1. The lowest BCUT2D eigenvalue weighted by Crippen LogP contribution is -2.12. The molecule has 2 aromatic heterocycles. The van der Waals surface area contributed by atoms with Crippen LogP contribution in [0, 0.1) is 20.8 Å². The first-order chi connectivity index (χ1) is 9.99. The maximum absolute atomic E-state index is 5.87. The predicted octanol–water partition coefficient (Wildman–Crippen LogP) is 2.98. The third-order valence-electron chi connectivity index (χ3n) is 3.84. The molecule has 3 rings (SSSR count). The van der Waals surface area contributed by atoms with E-state index in [0.29, 0.717) is 4.99 Å². The zero-order valence-corrected chi connectivity index (χ0v) is 13.0. The first-order valence-corrected chi connectivity index (χ1v) is 7.12. The number of pyridine rings is 1. The minimum absolute atomic E-state index is 0.369. The number of aryl methyl sites for hydroxylation is 1. The summed E-state index contributed by atoms with van der Waals surface area (Å²) in [5, 5.41) is 5.52. The molecule has 4 nitrogen and oxygen atoms in total. The van der Waals surface area contributed by atoms with Crippen molar-refractivity contribution >= 4 is 28.1 Å². The monoisotopic (exact) mass is 296 g/mol. The molecule has 0 bridgehead atoms. The molecular formula is C16H16N4S. The Kier molecular flexibility index (Phi) is 3.22. The number of nitrogens with two attached hydrogens (primary N) is 1. The molecule has 21 heavy (non-hydrogen) atoms. The SMILES string of the molecule is Cc1nn(-c2cc(C(N)=S)c3ccccc3n2)c(C)c1C. The number of rotatable bonds is 2. The van der Waals surface area contributed by atoms with Gasteiger partial charge < -0.3 is 5.73 Å². The average Bonchev–Trinajstić information content (AvgIpc) is 2.73. The molecule has 1 aromatic carbocycles. The van der Waals surface area contributed by atoms with Crippen molar-refractivity contribution in [2.45, 2.75) is 20.8 Å². The molecule has 0 saturated heterocycles. The Balaban J connectivity index is 2.33. The zero-order valence-electron chi connectivity index (χ0n) is 12.2. The van der Waals surface area contributed by atoms with Crippen LogP contribution in [0.4, 0.5) is 0 Å². The van der Waals surface area contributed by atoms with Gasteiger partial charge in [-0.3, -0.25) is 0 Å². The first-order valence-electron chi connectivity index (χ1n) is 6.72. The number of thiocarbonyl (C=S) groups is 1. The molecule has 0 spiro atoms. The molecule has 3 aromatic rings. The van der Waals surface area contributed by atoms with Crippen LogP contribution >= 0.6 is 12.2 Å². The molecule has 0 atom stereocenters. The van der Waals surface area contributed by atoms with Crippen LogP contribution in [0.15, 0.2) is 30.3 Å². The van der Waals surface area contributed by atoms with Crippen LogP contribution in [0.5, 0.6) is 0 Å². The molecule has 0 unspecified atom stereocenters. The Labute approximate surface area is 128 Å². The first kappa shape index (κ1) is 13.7. The molecule has 0 saturated carbocycles. The van der Waals surface area contributed by atoms with E-state index in [4.69, 9.17) is 18.0 Å². The second-order valence-electron chi connectivity index (χ2n) is 5.12. The minimum atomic E-state index is 0.369. The molecule has 0 radical (unpaired) electrons. The highest BCUT2D eigenvalue weighted by molar-refractivity contribution is 7.80. The number of benzene rings is 1. The van der Waals surface area contributed by atoms with Crippen LogP contribution in [-0.2, 0) is 0 Å². The molecule has 0 aliphatic heterocycles. The fourth-order valence-electron chi connectivity index (χ4n) is 2.42. The lowest BCUT2D eigenvalue weighted by Gasteiger charge is -2.10. The molecule has 5 heteroatoms. The topological polar surface area (TPSA) is 56.7 Å². The molecule has 0 aliphatic carbocycles. The van der Waals surface area contributed by atoms with E-state index in [2.05, 4.69) is 17.0 Å². The highest BCUT2D eigenvalue weighted by atomic mass is 32.1. The molecule has 2 heterocycles. The fourth-order valence-corrected chi connectivity index (χ4v) is 2.59. The summed E-state index contributed by atoms with van der Waals surface area (Å²) in [6.07, 6.45) is 0. The molecule has 2 N–H and O–H groups in total. The largest absolute Gasteiger partial charge is 0.389 e. The highest BCUT2D eigenvalue weighted by Gasteiger charge is 2.13. The maximum atomic E-state index is 5.87. The smallest absolute Gasteiger partial charge is 0.155 e. The number of nitrogens with zero attached hydrogens (tertiary/aromatic N) is 3. The second-order valence-corrected chi connectivity index (χ2v) is 5.56. The Morgan fingerprint density at radius 1 is 1.19 bits per heavy atom. The number of aromatic nitrogens is 3. The van der Waals surface area contributed by atoms with Crippen LogP contribution in [0.2, 0.25) is 0 Å². The van der Waals surface area contributed by atoms with E-state index >= 15 is 0 Å². The second kappa shape index (κ2) is 4.93. The molecular weight excluding hydrogens is 280 g/mol. The Morgan fingerprint density at radius 3 is 2.52 bits per heavy atom. The highest BCUT2D eigenvalue weighted by Crippen LogP contribution is 2.22. The van der Waals surface area contributed by atoms with E-state index in [1.165, 1.54) is 5.56 Å². The summed E-state index contributed by atoms with van der Waals surface area (Å²) >= 11 is 5.18. The Hall–Kier alpha value is -2.27. The van der Waals surface area contributed by atoms with E-state index < -0.39 is 0 Å². The van der Waals surface area contributed by atoms with Crippen molar-refractivity contribution in [3.63, 3.8) is 0 Å². The van der Waals surface area contributed by atoms with Gasteiger partial charge in [-0.2, -0.15) is 5.10 Å². The lowest BCUT2D eigenvalue weighted by molar-refractivity contribution is 0.810. The summed E-state index contributed by atoms with van der Waals surface area (Å²) in [4.78, 5) is 5.06. The predicted molar refractivity (Wildman–Crippen MR) is 89.0 cm³/mol. The summed E-state index contributed by atoms with van der Waals surface area (Å²) in [6.45, 7) is 6.09.